The SMILES string of the molecule is Cn1cccc1-c1nc2c[nH]c(N)nc-2n1. The normalized spacial score (nSPS) is 11.1. The van der Waals surface area contributed by atoms with Gasteiger partial charge in [0.15, 0.2) is 17.6 Å². The molecule has 6 nitrogen and oxygen atoms in total. The van der Waals surface area contributed by atoms with Crippen molar-refractivity contribution in [3.63, 3.8) is 0 Å². The van der Waals surface area contributed by atoms with Gasteiger partial charge >= 0.3 is 0 Å². The predicted molar refractivity (Wildman–Crippen MR) is 59.6 cm³/mol. The molecule has 0 unspecified atom stereocenters. The zero-order valence-corrected chi connectivity index (χ0v) is 8.68. The standard InChI is InChI=1S/C10H10N6/c1-16-4-2-3-7(16)9-13-6-5-12-10(11)15-8(6)14-9/h2-5H,1H3,(H3,11,12,13,14,15). The van der Waals surface area contributed by atoms with Gasteiger partial charge in [-0.2, -0.15) is 4.98 Å². The van der Waals surface area contributed by atoms with Gasteiger partial charge in [-0.25, -0.2) is 9.97 Å². The molecule has 80 valence electrons. The fraction of sp³-hybridized carbons (Fsp3) is 0.100. The second kappa shape index (κ2) is 3.06. The highest BCUT2D eigenvalue weighted by molar-refractivity contribution is 5.61. The summed E-state index contributed by atoms with van der Waals surface area (Å²) in [5, 5.41) is 0. The lowest BCUT2D eigenvalue weighted by Gasteiger charge is -1.95. The van der Waals surface area contributed by atoms with Crippen LogP contribution in [0.5, 0.6) is 0 Å². The molecule has 3 N–H and O–H groups in total. The van der Waals surface area contributed by atoms with Crippen molar-refractivity contribution < 1.29 is 0 Å². The number of fused-ring (bicyclic) bond motifs is 1. The monoisotopic (exact) mass is 214 g/mol. The van der Waals surface area contributed by atoms with Crippen LogP contribution in [0.2, 0.25) is 0 Å². The zero-order chi connectivity index (χ0) is 11.1. The third-order valence-corrected chi connectivity index (χ3v) is 2.42. The Hall–Kier alpha value is -2.37. The van der Waals surface area contributed by atoms with Crippen molar-refractivity contribution in [1.82, 2.24) is 24.5 Å². The molecule has 0 spiro atoms. The second-order valence-electron chi connectivity index (χ2n) is 3.55. The maximum atomic E-state index is 5.54. The predicted octanol–water partition coefficient (Wildman–Crippen LogP) is 0.892. The van der Waals surface area contributed by atoms with Crippen LogP contribution in [-0.4, -0.2) is 24.5 Å². The van der Waals surface area contributed by atoms with Gasteiger partial charge in [0, 0.05) is 19.4 Å². The molecule has 0 fully saturated rings. The number of imidazole rings is 1. The van der Waals surface area contributed by atoms with E-state index in [-0.39, 0.29) is 0 Å². The number of H-pyrrole nitrogens is 1. The second-order valence-corrected chi connectivity index (χ2v) is 3.55. The molecule has 0 aliphatic carbocycles. The lowest BCUT2D eigenvalue weighted by molar-refractivity contribution is 0.927. The number of aromatic amines is 1. The van der Waals surface area contributed by atoms with E-state index >= 15 is 0 Å². The van der Waals surface area contributed by atoms with Crippen molar-refractivity contribution in [2.45, 2.75) is 0 Å². The maximum Gasteiger partial charge on any atom is 0.199 e. The van der Waals surface area contributed by atoms with Gasteiger partial charge in [-0.1, -0.05) is 0 Å². The van der Waals surface area contributed by atoms with E-state index in [2.05, 4.69) is 19.9 Å². The van der Waals surface area contributed by atoms with Crippen LogP contribution >= 0.6 is 0 Å². The topological polar surface area (TPSA) is 85.4 Å². The Morgan fingerprint density at radius 3 is 2.88 bits per heavy atom. The Bertz CT molecular complexity index is 608. The maximum absolute atomic E-state index is 5.54. The van der Waals surface area contributed by atoms with Crippen molar-refractivity contribution in [2.24, 2.45) is 7.05 Å². The highest BCUT2D eigenvalue weighted by atomic mass is 15.1. The van der Waals surface area contributed by atoms with Gasteiger partial charge in [-0.05, 0) is 12.1 Å². The van der Waals surface area contributed by atoms with Gasteiger partial charge in [0.05, 0.1) is 5.69 Å². The summed E-state index contributed by atoms with van der Waals surface area (Å²) in [4.78, 5) is 15.6. The number of aryl methyl sites for hydroxylation is 1. The Kier molecular flexibility index (Phi) is 1.70. The lowest BCUT2D eigenvalue weighted by atomic mass is 10.4. The molecule has 0 radical (unpaired) electrons. The zero-order valence-electron chi connectivity index (χ0n) is 8.68. The molecular formula is C10H10N6. The first-order valence-corrected chi connectivity index (χ1v) is 4.84. The average Bonchev–Trinajstić information content (AvgIpc) is 2.82. The first-order chi connectivity index (χ1) is 7.74. The van der Waals surface area contributed by atoms with E-state index in [1.54, 1.807) is 6.20 Å². The van der Waals surface area contributed by atoms with Crippen LogP contribution in [0, 0.1) is 0 Å². The number of rotatable bonds is 1. The van der Waals surface area contributed by atoms with Crippen LogP contribution in [0.25, 0.3) is 23.0 Å². The number of nitrogens with one attached hydrogen (secondary N) is 1. The molecule has 6 heteroatoms. The molecule has 0 bridgehead atoms. The average molecular weight is 214 g/mol. The van der Waals surface area contributed by atoms with E-state index in [1.165, 1.54) is 0 Å². The van der Waals surface area contributed by atoms with Gasteiger partial charge in [-0.15, -0.1) is 0 Å². The minimum Gasteiger partial charge on any atom is -0.369 e. The van der Waals surface area contributed by atoms with Crippen LogP contribution < -0.4 is 5.73 Å². The number of aromatic nitrogens is 5. The van der Waals surface area contributed by atoms with Crippen molar-refractivity contribution >= 4 is 5.95 Å². The quantitative estimate of drug-likeness (QED) is 0.630. The van der Waals surface area contributed by atoms with E-state index in [4.69, 9.17) is 5.73 Å². The Morgan fingerprint density at radius 1 is 1.25 bits per heavy atom. The highest BCUT2D eigenvalue weighted by Gasteiger charge is 2.15. The lowest BCUT2D eigenvalue weighted by Crippen LogP contribution is -1.96. The number of nitrogen functional groups attached to an aromatic ring is 1. The van der Waals surface area contributed by atoms with Gasteiger partial charge in [0.1, 0.15) is 5.69 Å². The number of nitrogens with zero attached hydrogens (tertiary/aromatic N) is 4. The van der Waals surface area contributed by atoms with Gasteiger partial charge < -0.3 is 15.3 Å². The van der Waals surface area contributed by atoms with Crippen LogP contribution in [0.3, 0.4) is 0 Å². The van der Waals surface area contributed by atoms with Crippen LogP contribution in [0.15, 0.2) is 24.5 Å². The molecule has 0 aromatic carbocycles. The molecule has 2 aliphatic heterocycles. The van der Waals surface area contributed by atoms with E-state index in [0.717, 1.165) is 5.69 Å². The third kappa shape index (κ3) is 1.23. The molecule has 1 aromatic rings. The van der Waals surface area contributed by atoms with E-state index in [0.29, 0.717) is 23.3 Å². The first kappa shape index (κ1) is 8.90. The van der Waals surface area contributed by atoms with Crippen molar-refractivity contribution in [3.8, 4) is 23.0 Å². The minimum atomic E-state index is 0.339. The smallest absolute Gasteiger partial charge is 0.199 e. The van der Waals surface area contributed by atoms with Crippen molar-refractivity contribution in [1.29, 1.82) is 0 Å². The largest absolute Gasteiger partial charge is 0.369 e. The summed E-state index contributed by atoms with van der Waals surface area (Å²) in [6, 6.07) is 3.91. The Labute approximate surface area is 91.5 Å². The molecular weight excluding hydrogens is 204 g/mol. The summed E-state index contributed by atoms with van der Waals surface area (Å²) in [5.41, 5.74) is 7.21. The van der Waals surface area contributed by atoms with Crippen molar-refractivity contribution in [3.05, 3.63) is 24.5 Å². The van der Waals surface area contributed by atoms with E-state index in [9.17, 15) is 0 Å². The van der Waals surface area contributed by atoms with Gasteiger partial charge in [-0.3, -0.25) is 0 Å². The summed E-state index contributed by atoms with van der Waals surface area (Å²) in [6.07, 6.45) is 3.65. The number of hydrogen-bond acceptors (Lipinski definition) is 4. The molecule has 0 saturated carbocycles. The first-order valence-electron chi connectivity index (χ1n) is 4.84. The summed E-state index contributed by atoms with van der Waals surface area (Å²) in [7, 11) is 1.95. The van der Waals surface area contributed by atoms with Crippen LogP contribution in [-0.2, 0) is 7.05 Å². The summed E-state index contributed by atoms with van der Waals surface area (Å²) in [6.45, 7) is 0. The molecule has 0 amide bonds. The van der Waals surface area contributed by atoms with E-state index in [1.807, 2.05) is 29.9 Å². The van der Waals surface area contributed by atoms with Gasteiger partial charge in [0.2, 0.25) is 0 Å². The summed E-state index contributed by atoms with van der Waals surface area (Å²) in [5.74, 6) is 1.56. The highest BCUT2D eigenvalue weighted by Crippen LogP contribution is 2.22. The van der Waals surface area contributed by atoms with Crippen LogP contribution in [0.1, 0.15) is 0 Å². The summed E-state index contributed by atoms with van der Waals surface area (Å²) < 4.78 is 1.96. The molecule has 0 saturated heterocycles. The van der Waals surface area contributed by atoms with Gasteiger partial charge in [0.25, 0.3) is 0 Å². The third-order valence-electron chi connectivity index (χ3n) is 2.42. The Balaban J connectivity index is 2.20. The van der Waals surface area contributed by atoms with Crippen molar-refractivity contribution in [2.75, 3.05) is 5.73 Å². The minimum absolute atomic E-state index is 0.339. The van der Waals surface area contributed by atoms with E-state index < -0.39 is 0 Å². The number of nitrogens with two attached hydrogens (primary N) is 1. The fourth-order valence-corrected chi connectivity index (χ4v) is 1.62. The molecule has 3 rings (SSSR count). The number of hydrogen-bond donors (Lipinski definition) is 2. The molecule has 16 heavy (non-hydrogen) atoms. The Morgan fingerprint density at radius 2 is 2.12 bits per heavy atom. The fourth-order valence-electron chi connectivity index (χ4n) is 1.62. The molecule has 2 aliphatic rings. The molecule has 0 atom stereocenters. The molecule has 1 aromatic heterocycles. The van der Waals surface area contributed by atoms with Crippen LogP contribution in [0.4, 0.5) is 5.95 Å². The number of anilines is 1. The summed E-state index contributed by atoms with van der Waals surface area (Å²) >= 11 is 0. The molecule has 3 heterocycles.